The zero-order valence-corrected chi connectivity index (χ0v) is 12.2. The lowest BCUT2D eigenvalue weighted by Crippen LogP contribution is -2.30. The highest BCUT2D eigenvalue weighted by Gasteiger charge is 2.21. The van der Waals surface area contributed by atoms with Gasteiger partial charge in [0.1, 0.15) is 5.75 Å². The third kappa shape index (κ3) is 3.73. The van der Waals surface area contributed by atoms with Gasteiger partial charge in [-0.05, 0) is 43.9 Å². The van der Waals surface area contributed by atoms with Crippen LogP contribution in [0.1, 0.15) is 44.2 Å². The van der Waals surface area contributed by atoms with E-state index in [9.17, 15) is 9.90 Å². The largest absolute Gasteiger partial charge is 0.508 e. The van der Waals surface area contributed by atoms with Crippen LogP contribution in [0.4, 0.5) is 0 Å². The molecule has 0 aliphatic carbocycles. The Morgan fingerprint density at radius 1 is 1.45 bits per heavy atom. The van der Waals surface area contributed by atoms with E-state index in [-0.39, 0.29) is 23.8 Å². The molecular weight excluding hydrogens is 254 g/mol. The highest BCUT2D eigenvalue weighted by molar-refractivity contribution is 5.76. The van der Waals surface area contributed by atoms with E-state index in [1.54, 1.807) is 17.0 Å². The maximum atomic E-state index is 12.2. The summed E-state index contributed by atoms with van der Waals surface area (Å²) >= 11 is 0. The van der Waals surface area contributed by atoms with Crippen molar-refractivity contribution in [2.24, 2.45) is 0 Å². The van der Waals surface area contributed by atoms with Crippen molar-refractivity contribution in [3.05, 3.63) is 29.8 Å². The molecule has 4 nitrogen and oxygen atoms in total. The third-order valence-electron chi connectivity index (χ3n) is 4.05. The second-order valence-corrected chi connectivity index (χ2v) is 5.45. The molecule has 0 spiro atoms. The van der Waals surface area contributed by atoms with Crippen molar-refractivity contribution in [1.82, 2.24) is 4.90 Å². The van der Waals surface area contributed by atoms with Crippen LogP contribution in [0.2, 0.25) is 0 Å². The fourth-order valence-electron chi connectivity index (χ4n) is 2.53. The third-order valence-corrected chi connectivity index (χ3v) is 4.05. The molecule has 20 heavy (non-hydrogen) atoms. The van der Waals surface area contributed by atoms with Crippen molar-refractivity contribution < 1.29 is 14.6 Å². The average Bonchev–Trinajstić information content (AvgIpc) is 2.97. The number of ether oxygens (including phenoxy) is 1. The number of rotatable bonds is 5. The van der Waals surface area contributed by atoms with Crippen LogP contribution in [-0.4, -0.2) is 35.7 Å². The number of phenolic OH excluding ortho intramolecular Hbond substituents is 1. The molecule has 1 N–H and O–H groups in total. The Hall–Kier alpha value is -1.55. The van der Waals surface area contributed by atoms with Crippen LogP contribution < -0.4 is 0 Å². The number of carbonyl (C=O) groups excluding carboxylic acids is 1. The first-order valence-electron chi connectivity index (χ1n) is 7.24. The highest BCUT2D eigenvalue weighted by atomic mass is 16.5. The van der Waals surface area contributed by atoms with Gasteiger partial charge < -0.3 is 14.7 Å². The van der Waals surface area contributed by atoms with E-state index < -0.39 is 0 Å². The van der Waals surface area contributed by atoms with Crippen LogP contribution in [0.3, 0.4) is 0 Å². The van der Waals surface area contributed by atoms with Gasteiger partial charge in [-0.3, -0.25) is 4.79 Å². The molecule has 1 aliphatic heterocycles. The standard InChI is InChI=1S/C16H23NO3/c1-12(13-5-7-14(18)8-6-13)17(2)16(19)10-9-15-4-3-11-20-15/h5-8,12,15,18H,3-4,9-11H2,1-2H3. The first kappa shape index (κ1) is 14.9. The van der Waals surface area contributed by atoms with E-state index in [0.717, 1.165) is 31.4 Å². The van der Waals surface area contributed by atoms with Gasteiger partial charge >= 0.3 is 0 Å². The van der Waals surface area contributed by atoms with Crippen LogP contribution >= 0.6 is 0 Å². The minimum absolute atomic E-state index is 0.00703. The van der Waals surface area contributed by atoms with Gasteiger partial charge in [0, 0.05) is 20.1 Å². The summed E-state index contributed by atoms with van der Waals surface area (Å²) in [7, 11) is 1.83. The Bertz CT molecular complexity index is 438. The molecule has 1 amide bonds. The molecular formula is C16H23NO3. The first-order valence-corrected chi connectivity index (χ1v) is 7.24. The smallest absolute Gasteiger partial charge is 0.222 e. The molecule has 0 aromatic heterocycles. The number of aromatic hydroxyl groups is 1. The van der Waals surface area contributed by atoms with Gasteiger partial charge in [0.05, 0.1) is 12.1 Å². The topological polar surface area (TPSA) is 49.8 Å². The van der Waals surface area contributed by atoms with E-state index in [1.807, 2.05) is 26.1 Å². The van der Waals surface area contributed by atoms with E-state index in [1.165, 1.54) is 0 Å². The molecule has 2 unspecified atom stereocenters. The molecule has 0 saturated carbocycles. The Morgan fingerprint density at radius 2 is 2.15 bits per heavy atom. The van der Waals surface area contributed by atoms with Crippen molar-refractivity contribution >= 4 is 5.91 Å². The van der Waals surface area contributed by atoms with E-state index in [0.29, 0.717) is 6.42 Å². The number of phenols is 1. The summed E-state index contributed by atoms with van der Waals surface area (Å²) in [5.74, 6) is 0.384. The molecule has 0 radical (unpaired) electrons. The van der Waals surface area contributed by atoms with Gasteiger partial charge in [0.15, 0.2) is 0 Å². The lowest BCUT2D eigenvalue weighted by Gasteiger charge is -2.26. The SMILES string of the molecule is CC(c1ccc(O)cc1)N(C)C(=O)CCC1CCCO1. The fourth-order valence-corrected chi connectivity index (χ4v) is 2.53. The van der Waals surface area contributed by atoms with Crippen molar-refractivity contribution in [2.45, 2.75) is 44.8 Å². The number of carbonyl (C=O) groups is 1. The second-order valence-electron chi connectivity index (χ2n) is 5.45. The molecule has 2 rings (SSSR count). The van der Waals surface area contributed by atoms with E-state index in [2.05, 4.69) is 0 Å². The maximum Gasteiger partial charge on any atom is 0.222 e. The number of amides is 1. The van der Waals surface area contributed by atoms with Crippen molar-refractivity contribution in [2.75, 3.05) is 13.7 Å². The van der Waals surface area contributed by atoms with Crippen molar-refractivity contribution in [3.8, 4) is 5.75 Å². The Morgan fingerprint density at radius 3 is 2.75 bits per heavy atom. The molecule has 1 heterocycles. The molecule has 1 aromatic carbocycles. The lowest BCUT2D eigenvalue weighted by atomic mass is 10.1. The molecule has 4 heteroatoms. The van der Waals surface area contributed by atoms with Crippen LogP contribution in [0, 0.1) is 0 Å². The Kier molecular flexibility index (Phi) is 5.01. The van der Waals surface area contributed by atoms with Crippen LogP contribution in [0.5, 0.6) is 5.75 Å². The van der Waals surface area contributed by atoms with Gasteiger partial charge in [-0.1, -0.05) is 12.1 Å². The van der Waals surface area contributed by atoms with Gasteiger partial charge in [0.2, 0.25) is 5.91 Å². The van der Waals surface area contributed by atoms with E-state index >= 15 is 0 Å². The van der Waals surface area contributed by atoms with Crippen molar-refractivity contribution in [3.63, 3.8) is 0 Å². The summed E-state index contributed by atoms with van der Waals surface area (Å²) in [5, 5.41) is 9.30. The summed E-state index contributed by atoms with van der Waals surface area (Å²) in [6.07, 6.45) is 3.79. The second kappa shape index (κ2) is 6.75. The molecule has 1 aliphatic rings. The Labute approximate surface area is 120 Å². The minimum Gasteiger partial charge on any atom is -0.508 e. The molecule has 2 atom stereocenters. The molecule has 1 saturated heterocycles. The zero-order chi connectivity index (χ0) is 14.5. The monoisotopic (exact) mass is 277 g/mol. The zero-order valence-electron chi connectivity index (χ0n) is 12.2. The predicted octanol–water partition coefficient (Wildman–Crippen LogP) is 2.87. The summed E-state index contributed by atoms with van der Waals surface area (Å²) in [6, 6.07) is 7.01. The lowest BCUT2D eigenvalue weighted by molar-refractivity contribution is -0.132. The van der Waals surface area contributed by atoms with Crippen LogP contribution in [0.25, 0.3) is 0 Å². The normalized spacial score (nSPS) is 19.8. The summed E-state index contributed by atoms with van der Waals surface area (Å²) < 4.78 is 5.54. The maximum absolute atomic E-state index is 12.2. The molecule has 1 fully saturated rings. The quantitative estimate of drug-likeness (QED) is 0.900. The van der Waals surface area contributed by atoms with Crippen molar-refractivity contribution in [1.29, 1.82) is 0 Å². The number of benzene rings is 1. The van der Waals surface area contributed by atoms with Gasteiger partial charge in [-0.2, -0.15) is 0 Å². The minimum atomic E-state index is 0.00703. The summed E-state index contributed by atoms with van der Waals surface area (Å²) in [4.78, 5) is 14.0. The summed E-state index contributed by atoms with van der Waals surface area (Å²) in [6.45, 7) is 2.83. The Balaban J connectivity index is 1.86. The predicted molar refractivity (Wildman–Crippen MR) is 77.5 cm³/mol. The number of hydrogen-bond acceptors (Lipinski definition) is 3. The van der Waals surface area contributed by atoms with Gasteiger partial charge in [-0.15, -0.1) is 0 Å². The molecule has 1 aromatic rings. The van der Waals surface area contributed by atoms with Gasteiger partial charge in [0.25, 0.3) is 0 Å². The van der Waals surface area contributed by atoms with Crippen LogP contribution in [0.15, 0.2) is 24.3 Å². The van der Waals surface area contributed by atoms with Crippen LogP contribution in [-0.2, 0) is 9.53 Å². The number of nitrogens with zero attached hydrogens (tertiary/aromatic N) is 1. The molecule has 110 valence electrons. The average molecular weight is 277 g/mol. The molecule has 0 bridgehead atoms. The summed E-state index contributed by atoms with van der Waals surface area (Å²) in [5.41, 5.74) is 1.02. The first-order chi connectivity index (χ1) is 9.58. The fraction of sp³-hybridized carbons (Fsp3) is 0.562. The van der Waals surface area contributed by atoms with Gasteiger partial charge in [-0.25, -0.2) is 0 Å². The highest BCUT2D eigenvalue weighted by Crippen LogP contribution is 2.23. The van der Waals surface area contributed by atoms with E-state index in [4.69, 9.17) is 4.74 Å². The number of hydrogen-bond donors (Lipinski definition) is 1.